The number of fused-ring (bicyclic) bond motifs is 1. The van der Waals surface area contributed by atoms with Crippen molar-refractivity contribution < 1.29 is 0 Å². The van der Waals surface area contributed by atoms with Crippen molar-refractivity contribution in [3.63, 3.8) is 0 Å². The predicted octanol–water partition coefficient (Wildman–Crippen LogP) is 3.09. The molecule has 0 bridgehead atoms. The molecule has 2 heterocycles. The maximum absolute atomic E-state index is 4.47. The summed E-state index contributed by atoms with van der Waals surface area (Å²) in [5, 5.41) is 6.53. The van der Waals surface area contributed by atoms with Crippen molar-refractivity contribution in [2.75, 3.05) is 0 Å². The zero-order valence-electron chi connectivity index (χ0n) is 7.42. The Morgan fingerprint density at radius 3 is 2.71 bits per heavy atom. The van der Waals surface area contributed by atoms with Crippen molar-refractivity contribution in [2.24, 2.45) is 0 Å². The average molecular weight is 200 g/mol. The third-order valence-corrected chi connectivity index (χ3v) is 2.99. The van der Waals surface area contributed by atoms with E-state index in [2.05, 4.69) is 28.8 Å². The highest BCUT2D eigenvalue weighted by Gasteiger charge is 2.01. The van der Waals surface area contributed by atoms with Crippen LogP contribution in [0.25, 0.3) is 15.9 Å². The molecule has 0 aliphatic heterocycles. The molecule has 3 rings (SSSR count). The molecule has 0 amide bonds. The lowest BCUT2D eigenvalue weighted by molar-refractivity contribution is 0.896. The monoisotopic (exact) mass is 200 g/mol. The van der Waals surface area contributed by atoms with E-state index < -0.39 is 0 Å². The Labute approximate surface area is 85.4 Å². The summed E-state index contributed by atoms with van der Waals surface area (Å²) in [4.78, 5) is 0. The van der Waals surface area contributed by atoms with Gasteiger partial charge in [0, 0.05) is 6.20 Å². The van der Waals surface area contributed by atoms with Gasteiger partial charge >= 0.3 is 0 Å². The van der Waals surface area contributed by atoms with Crippen LogP contribution in [0.3, 0.4) is 0 Å². The first-order valence-electron chi connectivity index (χ1n) is 4.42. The van der Waals surface area contributed by atoms with E-state index in [1.54, 1.807) is 11.3 Å². The van der Waals surface area contributed by atoms with Gasteiger partial charge in [-0.3, -0.25) is 0 Å². The number of hydrogen-bond donors (Lipinski definition) is 0. The normalized spacial score (nSPS) is 10.9. The average Bonchev–Trinajstić information content (AvgIpc) is 2.78. The first-order valence-corrected chi connectivity index (χ1v) is 5.30. The summed E-state index contributed by atoms with van der Waals surface area (Å²) in [5.41, 5.74) is 2.18. The van der Waals surface area contributed by atoms with Crippen LogP contribution in [0.4, 0.5) is 0 Å². The smallest absolute Gasteiger partial charge is 0.104 e. The number of aromatic nitrogens is 2. The maximum atomic E-state index is 4.47. The Morgan fingerprint density at radius 1 is 1.07 bits per heavy atom. The Morgan fingerprint density at radius 2 is 1.93 bits per heavy atom. The van der Waals surface area contributed by atoms with E-state index in [-0.39, 0.29) is 0 Å². The highest BCUT2D eigenvalue weighted by atomic mass is 32.1. The number of hydrogen-bond acceptors (Lipinski definition) is 2. The van der Waals surface area contributed by atoms with Gasteiger partial charge in [0.2, 0.25) is 0 Å². The summed E-state index contributed by atoms with van der Waals surface area (Å²) in [6, 6.07) is 12.2. The quantitative estimate of drug-likeness (QED) is 0.590. The highest BCUT2D eigenvalue weighted by Crippen LogP contribution is 2.20. The molecule has 0 unspecified atom stereocenters. The Hall–Kier alpha value is -1.61. The molecule has 1 aromatic carbocycles. The second kappa shape index (κ2) is 2.96. The van der Waals surface area contributed by atoms with Crippen molar-refractivity contribution >= 4 is 21.6 Å². The topological polar surface area (TPSA) is 17.8 Å². The van der Waals surface area contributed by atoms with Crippen LogP contribution in [0.15, 0.2) is 48.0 Å². The minimum absolute atomic E-state index is 1.07. The van der Waals surface area contributed by atoms with E-state index >= 15 is 0 Å². The van der Waals surface area contributed by atoms with Gasteiger partial charge in [-0.1, -0.05) is 18.2 Å². The van der Waals surface area contributed by atoms with Crippen molar-refractivity contribution in [2.45, 2.75) is 0 Å². The molecule has 3 aromatic rings. The largest absolute Gasteiger partial charge is 0.239 e. The molecule has 0 aliphatic carbocycles. The molecular formula is C11H8N2S. The number of benzene rings is 1. The van der Waals surface area contributed by atoms with Crippen LogP contribution in [-0.4, -0.2) is 9.78 Å². The zero-order chi connectivity index (χ0) is 9.38. The van der Waals surface area contributed by atoms with Crippen molar-refractivity contribution in [3.8, 4) is 5.69 Å². The predicted molar refractivity (Wildman–Crippen MR) is 58.9 cm³/mol. The third-order valence-electron chi connectivity index (χ3n) is 2.15. The van der Waals surface area contributed by atoms with Gasteiger partial charge < -0.3 is 0 Å². The van der Waals surface area contributed by atoms with E-state index in [1.807, 2.05) is 28.9 Å². The van der Waals surface area contributed by atoms with Crippen LogP contribution in [0.1, 0.15) is 0 Å². The molecule has 0 atom stereocenters. The van der Waals surface area contributed by atoms with E-state index in [1.165, 1.54) is 4.70 Å². The first-order chi connectivity index (χ1) is 6.93. The molecular weight excluding hydrogens is 192 g/mol. The first kappa shape index (κ1) is 7.76. The fourth-order valence-electron chi connectivity index (χ4n) is 1.46. The lowest BCUT2D eigenvalue weighted by atomic mass is 10.3. The van der Waals surface area contributed by atoms with Gasteiger partial charge in [0.05, 0.1) is 10.4 Å². The summed E-state index contributed by atoms with van der Waals surface area (Å²) in [5.74, 6) is 0. The van der Waals surface area contributed by atoms with Gasteiger partial charge in [0.25, 0.3) is 0 Å². The molecule has 3 heteroatoms. The highest BCUT2D eigenvalue weighted by molar-refractivity contribution is 7.17. The summed E-state index contributed by atoms with van der Waals surface area (Å²) < 4.78 is 3.15. The molecule has 0 aliphatic rings. The van der Waals surface area contributed by atoms with Gasteiger partial charge in [0.1, 0.15) is 5.52 Å². The van der Waals surface area contributed by atoms with Crippen LogP contribution in [0.5, 0.6) is 0 Å². The molecule has 0 N–H and O–H groups in total. The van der Waals surface area contributed by atoms with Crippen LogP contribution in [-0.2, 0) is 0 Å². The van der Waals surface area contributed by atoms with Gasteiger partial charge in [-0.25, -0.2) is 4.68 Å². The molecule has 0 radical (unpaired) electrons. The SMILES string of the molecule is c1ccc(-n2cc3sccc3n2)cc1. The molecule has 0 spiro atoms. The molecule has 68 valence electrons. The molecule has 14 heavy (non-hydrogen) atoms. The Bertz CT molecular complexity index is 522. The second-order valence-electron chi connectivity index (χ2n) is 3.08. The standard InChI is InChI=1S/C11H8N2S/c1-2-4-9(5-3-1)13-8-11-10(12-13)6-7-14-11/h1-8H. The Kier molecular flexibility index (Phi) is 1.64. The number of rotatable bonds is 1. The summed E-state index contributed by atoms with van der Waals surface area (Å²) in [6.07, 6.45) is 2.06. The van der Waals surface area contributed by atoms with Crippen molar-refractivity contribution in [3.05, 3.63) is 48.0 Å². The summed E-state index contributed by atoms with van der Waals surface area (Å²) in [6.45, 7) is 0. The molecule has 0 saturated heterocycles. The van der Waals surface area contributed by atoms with E-state index in [0.717, 1.165) is 11.2 Å². The second-order valence-corrected chi connectivity index (χ2v) is 4.03. The van der Waals surface area contributed by atoms with Crippen LogP contribution in [0, 0.1) is 0 Å². The number of thiophene rings is 1. The van der Waals surface area contributed by atoms with Crippen LogP contribution >= 0.6 is 11.3 Å². The maximum Gasteiger partial charge on any atom is 0.104 e. The van der Waals surface area contributed by atoms with E-state index in [9.17, 15) is 0 Å². The van der Waals surface area contributed by atoms with E-state index in [0.29, 0.717) is 0 Å². The fraction of sp³-hybridized carbons (Fsp3) is 0. The van der Waals surface area contributed by atoms with Crippen LogP contribution in [0.2, 0.25) is 0 Å². The zero-order valence-corrected chi connectivity index (χ0v) is 8.24. The minimum Gasteiger partial charge on any atom is -0.239 e. The lowest BCUT2D eigenvalue weighted by Gasteiger charge is -1.98. The fourth-order valence-corrected chi connectivity index (χ4v) is 2.20. The van der Waals surface area contributed by atoms with E-state index in [4.69, 9.17) is 0 Å². The van der Waals surface area contributed by atoms with Gasteiger partial charge in [-0.05, 0) is 23.6 Å². The van der Waals surface area contributed by atoms with Crippen molar-refractivity contribution in [1.29, 1.82) is 0 Å². The summed E-state index contributed by atoms with van der Waals surface area (Å²) >= 11 is 1.72. The Balaban J connectivity index is 2.19. The minimum atomic E-state index is 1.07. The van der Waals surface area contributed by atoms with Gasteiger partial charge in [-0.2, -0.15) is 5.10 Å². The number of para-hydroxylation sites is 1. The third kappa shape index (κ3) is 1.14. The summed E-state index contributed by atoms with van der Waals surface area (Å²) in [7, 11) is 0. The van der Waals surface area contributed by atoms with Gasteiger partial charge in [-0.15, -0.1) is 11.3 Å². The van der Waals surface area contributed by atoms with Gasteiger partial charge in [0.15, 0.2) is 0 Å². The molecule has 2 aromatic heterocycles. The number of nitrogens with zero attached hydrogens (tertiary/aromatic N) is 2. The van der Waals surface area contributed by atoms with Crippen LogP contribution < -0.4 is 0 Å². The molecule has 0 saturated carbocycles. The lowest BCUT2D eigenvalue weighted by Crippen LogP contribution is -1.92. The molecule has 0 fully saturated rings. The molecule has 2 nitrogen and oxygen atoms in total. The van der Waals surface area contributed by atoms with Crippen molar-refractivity contribution in [1.82, 2.24) is 9.78 Å².